The summed E-state index contributed by atoms with van der Waals surface area (Å²) in [6, 6.07) is 22.5. The van der Waals surface area contributed by atoms with E-state index in [2.05, 4.69) is 129 Å². The predicted molar refractivity (Wildman–Crippen MR) is 159 cm³/mol. The predicted octanol–water partition coefficient (Wildman–Crippen LogP) is 10.00. The van der Waals surface area contributed by atoms with Crippen LogP contribution in [-0.4, -0.2) is 5.43 Å². The minimum absolute atomic E-state index is 0.210. The zero-order valence-corrected chi connectivity index (χ0v) is 27.6. The first-order chi connectivity index (χ1) is 16.7. The molecule has 1 aliphatic rings. The summed E-state index contributed by atoms with van der Waals surface area (Å²) in [7, 11) is 0. The van der Waals surface area contributed by atoms with Crippen molar-refractivity contribution < 1.29 is 23.3 Å². The molecule has 188 valence electrons. The van der Waals surface area contributed by atoms with E-state index < -0.39 is 0 Å². The average molecular weight is 572 g/mol. The van der Waals surface area contributed by atoms with E-state index >= 15 is 0 Å². The van der Waals surface area contributed by atoms with E-state index in [1.165, 1.54) is 57.0 Å². The summed E-state index contributed by atoms with van der Waals surface area (Å²) in [6.45, 7) is 22.9. The van der Waals surface area contributed by atoms with Gasteiger partial charge in [-0.05, 0) is 23.7 Å². The van der Waals surface area contributed by atoms with Crippen LogP contribution in [0.4, 0.5) is 0 Å². The van der Waals surface area contributed by atoms with Gasteiger partial charge in [-0.1, -0.05) is 102 Å². The molecule has 4 aromatic carbocycles. The maximum Gasteiger partial charge on any atom is -0.0632 e. The van der Waals surface area contributed by atoms with Crippen molar-refractivity contribution in [3.8, 4) is 11.1 Å². The van der Waals surface area contributed by atoms with E-state index in [9.17, 15) is 0 Å². The Bertz CT molecular complexity index is 1320. The van der Waals surface area contributed by atoms with Gasteiger partial charge in [0.05, 0.1) is 0 Å². The van der Waals surface area contributed by atoms with Crippen LogP contribution in [0.3, 0.4) is 0 Å². The molecular formula is C34H44SiZr. The fourth-order valence-electron chi connectivity index (χ4n) is 5.27. The molecule has 0 unspecified atom stereocenters. The number of rotatable bonds is 1. The van der Waals surface area contributed by atoms with Crippen LogP contribution in [0, 0.1) is 27.7 Å². The van der Waals surface area contributed by atoms with E-state index in [1.807, 2.05) is 0 Å². The van der Waals surface area contributed by atoms with Crippen molar-refractivity contribution in [3.63, 3.8) is 0 Å². The van der Waals surface area contributed by atoms with Gasteiger partial charge in [-0.25, -0.2) is 0 Å². The molecule has 0 amide bonds. The molecule has 2 heteroatoms. The zero-order valence-electron chi connectivity index (χ0n) is 24.2. The molecule has 0 nitrogen and oxygen atoms in total. The molecule has 0 atom stereocenters. The third kappa shape index (κ3) is 6.49. The molecule has 0 aromatic heterocycles. The van der Waals surface area contributed by atoms with Crippen molar-refractivity contribution in [2.45, 2.75) is 92.2 Å². The number of fused-ring (bicyclic) bond motifs is 2. The standard InChI is InChI=1S/C23H25.C9H13.C2H6Si.Zr/c1-22(2)12-13-23(3,4)21-15-19-17(14-20(21)22)10-11-18(19)16-8-6-5-7-9-16;1-6-5-7(2)9(4)8(6)3;1-3-2;/h5-11,14-15H,12-13H2,1-4H3;5H,1-4H3;1-2H3;/q2*-1;;+2. The SMILES string of the molecule is CC1(C)CCC(C)(C)c2cc3c(-c4ccccc4)c[cH-]c3cc21.C[Si](C)=[Zr+2].Cc1[cH-]c(C)c(C)c1C. The number of hydrogen-bond acceptors (Lipinski definition) is 0. The topological polar surface area (TPSA) is 0 Å². The molecule has 4 aromatic rings. The van der Waals surface area contributed by atoms with Gasteiger partial charge in [0.2, 0.25) is 0 Å². The first-order valence-corrected chi connectivity index (χ1v) is 19.4. The molecule has 5 rings (SSSR count). The second kappa shape index (κ2) is 11.5. The Labute approximate surface area is 235 Å². The molecule has 0 aliphatic heterocycles. The van der Waals surface area contributed by atoms with E-state index in [4.69, 9.17) is 0 Å². The van der Waals surface area contributed by atoms with Crippen molar-refractivity contribution in [1.29, 1.82) is 0 Å². The second-order valence-electron chi connectivity index (χ2n) is 12.1. The van der Waals surface area contributed by atoms with Crippen LogP contribution in [0.15, 0.2) is 60.7 Å². The molecule has 0 radical (unpaired) electrons. The summed E-state index contributed by atoms with van der Waals surface area (Å²) >= 11 is 1.74. The Morgan fingerprint density at radius 3 is 1.69 bits per heavy atom. The summed E-state index contributed by atoms with van der Waals surface area (Å²) in [6.07, 6.45) is 2.53. The van der Waals surface area contributed by atoms with Gasteiger partial charge >= 0.3 is 41.9 Å². The van der Waals surface area contributed by atoms with Crippen molar-refractivity contribution in [3.05, 3.63) is 94.0 Å². The average Bonchev–Trinajstić information content (AvgIpc) is 3.33. The van der Waals surface area contributed by atoms with Gasteiger partial charge in [-0.15, -0.1) is 40.6 Å². The summed E-state index contributed by atoms with van der Waals surface area (Å²) in [4.78, 5) is 0. The quantitative estimate of drug-likeness (QED) is 0.157. The number of hydrogen-bond donors (Lipinski definition) is 0. The summed E-state index contributed by atoms with van der Waals surface area (Å²) < 4.78 is 0. The van der Waals surface area contributed by atoms with E-state index in [0.29, 0.717) is 0 Å². The van der Waals surface area contributed by atoms with E-state index in [-0.39, 0.29) is 16.3 Å². The van der Waals surface area contributed by atoms with Crippen molar-refractivity contribution in [2.75, 3.05) is 0 Å². The summed E-state index contributed by atoms with van der Waals surface area (Å²) in [5.74, 6) is 0. The van der Waals surface area contributed by atoms with Crippen LogP contribution in [0.2, 0.25) is 13.1 Å². The van der Waals surface area contributed by atoms with Crippen molar-refractivity contribution in [1.82, 2.24) is 0 Å². The smallest absolute Gasteiger partial charge is 0.0632 e. The first-order valence-electron chi connectivity index (χ1n) is 13.3. The Morgan fingerprint density at radius 1 is 0.778 bits per heavy atom. The third-order valence-electron chi connectivity index (χ3n) is 8.01. The first kappa shape index (κ1) is 29.1. The second-order valence-corrected chi connectivity index (χ2v) is 21.5. The Kier molecular flexibility index (Phi) is 9.27. The van der Waals surface area contributed by atoms with Crippen LogP contribution in [0.5, 0.6) is 0 Å². The minimum Gasteiger partial charge on any atom is -0.196 e. The molecule has 0 saturated heterocycles. The third-order valence-corrected chi connectivity index (χ3v) is 8.01. The zero-order chi connectivity index (χ0) is 26.8. The fourth-order valence-corrected chi connectivity index (χ4v) is 5.27. The van der Waals surface area contributed by atoms with Crippen LogP contribution in [0.25, 0.3) is 21.9 Å². The maximum absolute atomic E-state index is 2.48. The minimum atomic E-state index is 0.210. The normalized spacial score (nSPS) is 15.3. The monoisotopic (exact) mass is 570 g/mol. The van der Waals surface area contributed by atoms with Crippen molar-refractivity contribution >= 4 is 16.2 Å². The van der Waals surface area contributed by atoms with Crippen molar-refractivity contribution in [2.24, 2.45) is 0 Å². The molecule has 0 saturated carbocycles. The molecule has 0 heterocycles. The molecule has 0 spiro atoms. The molecular weight excluding hydrogens is 528 g/mol. The van der Waals surface area contributed by atoms with E-state index in [1.54, 1.807) is 34.5 Å². The largest absolute Gasteiger partial charge is 0.196 e. The number of benzene rings is 2. The summed E-state index contributed by atoms with van der Waals surface area (Å²) in [5, 5.41) is 2.79. The van der Waals surface area contributed by atoms with Gasteiger partial charge in [0, 0.05) is 0 Å². The van der Waals surface area contributed by atoms with E-state index in [0.717, 1.165) is 0 Å². The van der Waals surface area contributed by atoms with Gasteiger partial charge in [-0.2, -0.15) is 28.3 Å². The molecule has 0 fully saturated rings. The van der Waals surface area contributed by atoms with Crippen LogP contribution < -0.4 is 0 Å². The Morgan fingerprint density at radius 2 is 1.25 bits per heavy atom. The van der Waals surface area contributed by atoms with Crippen LogP contribution >= 0.6 is 0 Å². The fraction of sp³-hybridized carbons (Fsp3) is 0.412. The molecule has 0 N–H and O–H groups in total. The molecule has 36 heavy (non-hydrogen) atoms. The Balaban J connectivity index is 0.000000231. The van der Waals surface area contributed by atoms with Crippen LogP contribution in [0.1, 0.15) is 73.9 Å². The number of aryl methyl sites for hydroxylation is 2. The molecule has 1 aliphatic carbocycles. The van der Waals surface area contributed by atoms with Gasteiger partial charge < -0.3 is 0 Å². The maximum atomic E-state index is 2.48. The van der Waals surface area contributed by atoms with Gasteiger partial charge in [-0.3, -0.25) is 0 Å². The molecule has 0 bridgehead atoms. The summed E-state index contributed by atoms with van der Waals surface area (Å²) in [5.41, 5.74) is 12.3. The van der Waals surface area contributed by atoms with Gasteiger partial charge in [0.1, 0.15) is 0 Å². The Hall–Kier alpha value is -1.50. The van der Waals surface area contributed by atoms with Gasteiger partial charge in [0.25, 0.3) is 0 Å². The van der Waals surface area contributed by atoms with Crippen LogP contribution in [-0.2, 0) is 34.2 Å². The van der Waals surface area contributed by atoms with Gasteiger partial charge in [0.15, 0.2) is 0 Å².